The molecule has 0 radical (unpaired) electrons. The zero-order chi connectivity index (χ0) is 14.8. The molecule has 1 aliphatic heterocycles. The van der Waals surface area contributed by atoms with E-state index in [-0.39, 0.29) is 10.8 Å². The zero-order valence-corrected chi connectivity index (χ0v) is 13.2. The highest BCUT2D eigenvalue weighted by Gasteiger charge is 2.22. The maximum atomic E-state index is 12.4. The second-order valence-electron chi connectivity index (χ2n) is 4.72. The molecule has 5 nitrogen and oxygen atoms in total. The molecule has 1 saturated heterocycles. The van der Waals surface area contributed by atoms with Crippen molar-refractivity contribution in [3.63, 3.8) is 0 Å². The number of benzene rings is 1. The first-order valence-electron chi connectivity index (χ1n) is 6.32. The van der Waals surface area contributed by atoms with Crippen LogP contribution >= 0.6 is 11.8 Å². The van der Waals surface area contributed by atoms with Crippen LogP contribution in [0.15, 0.2) is 29.2 Å². The lowest BCUT2D eigenvalue weighted by Gasteiger charge is -2.26. The van der Waals surface area contributed by atoms with Crippen molar-refractivity contribution in [2.45, 2.75) is 4.90 Å². The molecule has 0 unspecified atom stereocenters. The summed E-state index contributed by atoms with van der Waals surface area (Å²) in [6, 6.07) is 6.25. The highest BCUT2D eigenvalue weighted by atomic mass is 32.2. The number of rotatable bonds is 3. The molecule has 0 aliphatic carbocycles. The van der Waals surface area contributed by atoms with Gasteiger partial charge >= 0.3 is 0 Å². The molecule has 110 valence electrons. The van der Waals surface area contributed by atoms with Crippen LogP contribution in [0.25, 0.3) is 0 Å². The predicted octanol–water partition coefficient (Wildman–Crippen LogP) is 1.13. The third-order valence-corrected chi connectivity index (χ3v) is 5.91. The van der Waals surface area contributed by atoms with Crippen LogP contribution < -0.4 is 0 Å². The number of carbonyl (C=O) groups is 1. The van der Waals surface area contributed by atoms with E-state index in [0.29, 0.717) is 18.7 Å². The van der Waals surface area contributed by atoms with Gasteiger partial charge in [0.15, 0.2) is 0 Å². The Morgan fingerprint density at radius 1 is 1.25 bits per heavy atom. The van der Waals surface area contributed by atoms with E-state index in [9.17, 15) is 13.2 Å². The monoisotopic (exact) mass is 314 g/mol. The van der Waals surface area contributed by atoms with Crippen LogP contribution in [0.2, 0.25) is 0 Å². The number of nitrogens with zero attached hydrogens (tertiary/aromatic N) is 2. The quantitative estimate of drug-likeness (QED) is 0.839. The topological polar surface area (TPSA) is 57.7 Å². The molecule has 0 N–H and O–H groups in total. The van der Waals surface area contributed by atoms with Crippen molar-refractivity contribution in [1.29, 1.82) is 0 Å². The highest BCUT2D eigenvalue weighted by Crippen LogP contribution is 2.18. The van der Waals surface area contributed by atoms with Crippen molar-refractivity contribution >= 4 is 27.7 Å². The van der Waals surface area contributed by atoms with Crippen molar-refractivity contribution in [3.05, 3.63) is 29.8 Å². The Morgan fingerprint density at radius 2 is 1.90 bits per heavy atom. The summed E-state index contributed by atoms with van der Waals surface area (Å²) in [6.45, 7) is 1.43. The third-order valence-electron chi connectivity index (χ3n) is 3.16. The van der Waals surface area contributed by atoms with E-state index in [1.165, 1.54) is 26.2 Å². The van der Waals surface area contributed by atoms with Crippen LogP contribution in [0.5, 0.6) is 0 Å². The molecule has 1 aromatic carbocycles. The predicted molar refractivity (Wildman–Crippen MR) is 80.5 cm³/mol. The lowest BCUT2D eigenvalue weighted by Crippen LogP contribution is -2.38. The van der Waals surface area contributed by atoms with Crippen LogP contribution in [-0.4, -0.2) is 62.2 Å². The zero-order valence-electron chi connectivity index (χ0n) is 11.6. The largest absolute Gasteiger partial charge is 0.337 e. The number of sulfonamides is 1. The van der Waals surface area contributed by atoms with Gasteiger partial charge in [0, 0.05) is 44.3 Å². The van der Waals surface area contributed by atoms with E-state index in [2.05, 4.69) is 0 Å². The average Bonchev–Trinajstić information content (AvgIpc) is 2.47. The van der Waals surface area contributed by atoms with Gasteiger partial charge in [-0.3, -0.25) is 4.79 Å². The fourth-order valence-electron chi connectivity index (χ4n) is 1.95. The van der Waals surface area contributed by atoms with E-state index in [1.54, 1.807) is 17.0 Å². The summed E-state index contributed by atoms with van der Waals surface area (Å²) in [5.41, 5.74) is 0.430. The molecule has 0 bridgehead atoms. The molecule has 1 aromatic rings. The third kappa shape index (κ3) is 3.16. The van der Waals surface area contributed by atoms with E-state index in [4.69, 9.17) is 0 Å². The standard InChI is InChI=1S/C13H18N2O3S2/c1-14(2)20(17,18)12-5-3-4-11(10-12)13(16)15-6-8-19-9-7-15/h3-5,10H,6-9H2,1-2H3. The molecule has 1 aliphatic rings. The van der Waals surface area contributed by atoms with Crippen LogP contribution in [0.4, 0.5) is 0 Å². The Morgan fingerprint density at radius 3 is 2.50 bits per heavy atom. The van der Waals surface area contributed by atoms with Crippen LogP contribution in [-0.2, 0) is 10.0 Å². The molecule has 1 amide bonds. The molecular weight excluding hydrogens is 296 g/mol. The van der Waals surface area contributed by atoms with Crippen LogP contribution in [0.1, 0.15) is 10.4 Å². The smallest absolute Gasteiger partial charge is 0.253 e. The van der Waals surface area contributed by atoms with Gasteiger partial charge in [-0.2, -0.15) is 11.8 Å². The molecule has 0 atom stereocenters. The summed E-state index contributed by atoms with van der Waals surface area (Å²) >= 11 is 1.83. The van der Waals surface area contributed by atoms with E-state index >= 15 is 0 Å². The molecule has 1 heterocycles. The summed E-state index contributed by atoms with van der Waals surface area (Å²) in [7, 11) is -0.549. The Hall–Kier alpha value is -1.05. The van der Waals surface area contributed by atoms with Gasteiger partial charge in [0.25, 0.3) is 5.91 Å². The summed E-state index contributed by atoms with van der Waals surface area (Å²) in [6.07, 6.45) is 0. The summed E-state index contributed by atoms with van der Waals surface area (Å²) in [5, 5.41) is 0. The van der Waals surface area contributed by atoms with Crippen molar-refractivity contribution < 1.29 is 13.2 Å². The van der Waals surface area contributed by atoms with Crippen LogP contribution in [0.3, 0.4) is 0 Å². The first-order valence-corrected chi connectivity index (χ1v) is 8.92. The first-order chi connectivity index (χ1) is 9.43. The van der Waals surface area contributed by atoms with Crippen molar-refractivity contribution in [2.75, 3.05) is 38.7 Å². The molecule has 20 heavy (non-hydrogen) atoms. The molecule has 2 rings (SSSR count). The van der Waals surface area contributed by atoms with Crippen LogP contribution in [0, 0.1) is 0 Å². The minimum atomic E-state index is -3.51. The minimum absolute atomic E-state index is 0.0962. The number of carbonyl (C=O) groups excluding carboxylic acids is 1. The Balaban J connectivity index is 2.28. The van der Waals surface area contributed by atoms with Gasteiger partial charge in [-0.25, -0.2) is 12.7 Å². The molecule has 7 heteroatoms. The second-order valence-corrected chi connectivity index (χ2v) is 8.10. The van der Waals surface area contributed by atoms with Gasteiger partial charge in [-0.15, -0.1) is 0 Å². The number of hydrogen-bond donors (Lipinski definition) is 0. The number of hydrogen-bond acceptors (Lipinski definition) is 4. The maximum absolute atomic E-state index is 12.4. The van der Waals surface area contributed by atoms with E-state index in [0.717, 1.165) is 15.8 Å². The van der Waals surface area contributed by atoms with Crippen molar-refractivity contribution in [1.82, 2.24) is 9.21 Å². The maximum Gasteiger partial charge on any atom is 0.253 e. The second kappa shape index (κ2) is 6.15. The fraction of sp³-hybridized carbons (Fsp3) is 0.462. The summed E-state index contributed by atoms with van der Waals surface area (Å²) in [4.78, 5) is 14.3. The SMILES string of the molecule is CN(C)S(=O)(=O)c1cccc(C(=O)N2CCSCC2)c1. The van der Waals surface area contributed by atoms with E-state index in [1.807, 2.05) is 11.8 Å². The fourth-order valence-corrected chi connectivity index (χ4v) is 3.80. The minimum Gasteiger partial charge on any atom is -0.337 e. The van der Waals surface area contributed by atoms with Gasteiger partial charge < -0.3 is 4.90 Å². The lowest BCUT2D eigenvalue weighted by molar-refractivity contribution is 0.0772. The average molecular weight is 314 g/mol. The van der Waals surface area contributed by atoms with Gasteiger partial charge in [0.05, 0.1) is 4.90 Å². The van der Waals surface area contributed by atoms with Gasteiger partial charge in [-0.1, -0.05) is 6.07 Å². The number of thioether (sulfide) groups is 1. The lowest BCUT2D eigenvalue weighted by atomic mass is 10.2. The highest BCUT2D eigenvalue weighted by molar-refractivity contribution is 7.99. The van der Waals surface area contributed by atoms with Crippen molar-refractivity contribution in [3.8, 4) is 0 Å². The van der Waals surface area contributed by atoms with Gasteiger partial charge in [0.1, 0.15) is 0 Å². The molecule has 0 saturated carbocycles. The molecule has 0 spiro atoms. The number of amides is 1. The first kappa shape index (κ1) is 15.3. The van der Waals surface area contributed by atoms with Crippen molar-refractivity contribution in [2.24, 2.45) is 0 Å². The van der Waals surface area contributed by atoms with Gasteiger partial charge in [0.2, 0.25) is 10.0 Å². The molecular formula is C13H18N2O3S2. The molecule has 1 fully saturated rings. The summed E-state index contributed by atoms with van der Waals surface area (Å²) in [5.74, 6) is 1.77. The normalized spacial score (nSPS) is 16.4. The van der Waals surface area contributed by atoms with E-state index < -0.39 is 10.0 Å². The van der Waals surface area contributed by atoms with Gasteiger partial charge in [-0.05, 0) is 18.2 Å². The Labute approximate surface area is 124 Å². The Bertz CT molecular complexity index is 593. The summed E-state index contributed by atoms with van der Waals surface area (Å²) < 4.78 is 25.3. The molecule has 0 aromatic heterocycles. The Kier molecular flexibility index (Phi) is 4.72.